The van der Waals surface area contributed by atoms with Crippen molar-refractivity contribution in [1.82, 2.24) is 15.3 Å². The van der Waals surface area contributed by atoms with Gasteiger partial charge in [-0.05, 0) is 68.0 Å². The van der Waals surface area contributed by atoms with E-state index in [1.807, 2.05) is 38.4 Å². The van der Waals surface area contributed by atoms with Gasteiger partial charge in [0.25, 0.3) is 0 Å². The molecular formula is C25H33N5O. The fourth-order valence-corrected chi connectivity index (χ4v) is 4.36. The first kappa shape index (κ1) is 21.4. The standard InChI is InChI=1S/C25H33N5O/c1-30(2)24-22-9-4-5-10-23(22)28-25(29-24)27-20-13-11-18(12-14-20)16-26-17-19-7-6-8-21(15-19)31-3/h4-10,15,18,20,26H,11-14,16-17H2,1-3H3,(H,27,28,29). The maximum Gasteiger partial charge on any atom is 0.225 e. The Morgan fingerprint density at radius 3 is 2.58 bits per heavy atom. The van der Waals surface area contributed by atoms with Crippen molar-refractivity contribution in [3.8, 4) is 5.75 Å². The first-order valence-corrected chi connectivity index (χ1v) is 11.2. The molecule has 1 saturated carbocycles. The third-order valence-electron chi connectivity index (χ3n) is 6.08. The molecule has 0 bridgehead atoms. The molecule has 0 atom stereocenters. The van der Waals surface area contributed by atoms with Crippen LogP contribution in [0.25, 0.3) is 10.9 Å². The molecule has 1 aromatic heterocycles. The molecule has 6 heteroatoms. The Hall–Kier alpha value is -2.86. The molecule has 2 N–H and O–H groups in total. The lowest BCUT2D eigenvalue weighted by molar-refractivity contribution is 0.323. The van der Waals surface area contributed by atoms with Gasteiger partial charge in [0.1, 0.15) is 11.6 Å². The highest BCUT2D eigenvalue weighted by molar-refractivity contribution is 5.90. The van der Waals surface area contributed by atoms with Crippen LogP contribution in [0.15, 0.2) is 48.5 Å². The maximum atomic E-state index is 5.31. The van der Waals surface area contributed by atoms with Crippen LogP contribution in [0.5, 0.6) is 5.75 Å². The molecular weight excluding hydrogens is 386 g/mol. The summed E-state index contributed by atoms with van der Waals surface area (Å²) in [6.07, 6.45) is 4.74. The van der Waals surface area contributed by atoms with Crippen LogP contribution in [0.3, 0.4) is 0 Å². The minimum absolute atomic E-state index is 0.436. The minimum Gasteiger partial charge on any atom is -0.497 e. The summed E-state index contributed by atoms with van der Waals surface area (Å²) in [5, 5.41) is 8.31. The number of anilines is 2. The molecule has 6 nitrogen and oxygen atoms in total. The molecule has 0 radical (unpaired) electrons. The van der Waals surface area contributed by atoms with Crippen molar-refractivity contribution in [2.24, 2.45) is 5.92 Å². The van der Waals surface area contributed by atoms with Gasteiger partial charge in [0.2, 0.25) is 5.95 Å². The molecule has 2 aromatic carbocycles. The van der Waals surface area contributed by atoms with E-state index >= 15 is 0 Å². The van der Waals surface area contributed by atoms with Crippen LogP contribution < -0.4 is 20.3 Å². The van der Waals surface area contributed by atoms with Crippen LogP contribution >= 0.6 is 0 Å². The Kier molecular flexibility index (Phi) is 6.87. The SMILES string of the molecule is COc1cccc(CNCC2CCC(Nc3nc(N(C)C)c4ccccc4n3)CC2)c1. The Labute approximate surface area is 185 Å². The second-order valence-corrected chi connectivity index (χ2v) is 8.63. The highest BCUT2D eigenvalue weighted by Crippen LogP contribution is 2.28. The molecule has 4 rings (SSSR count). The molecule has 0 amide bonds. The highest BCUT2D eigenvalue weighted by atomic mass is 16.5. The first-order chi connectivity index (χ1) is 15.1. The predicted octanol–water partition coefficient (Wildman–Crippen LogP) is 4.46. The molecule has 0 unspecified atom stereocenters. The van der Waals surface area contributed by atoms with Gasteiger partial charge in [-0.2, -0.15) is 4.98 Å². The second-order valence-electron chi connectivity index (χ2n) is 8.63. The summed E-state index contributed by atoms with van der Waals surface area (Å²) < 4.78 is 5.31. The van der Waals surface area contributed by atoms with Gasteiger partial charge in [-0.15, -0.1) is 0 Å². The molecule has 1 fully saturated rings. The van der Waals surface area contributed by atoms with E-state index in [9.17, 15) is 0 Å². The van der Waals surface area contributed by atoms with Crippen LogP contribution in [-0.4, -0.2) is 43.8 Å². The van der Waals surface area contributed by atoms with Crippen molar-refractivity contribution in [3.63, 3.8) is 0 Å². The number of nitrogens with zero attached hydrogens (tertiary/aromatic N) is 3. The number of hydrogen-bond donors (Lipinski definition) is 2. The molecule has 164 valence electrons. The number of hydrogen-bond acceptors (Lipinski definition) is 6. The van der Waals surface area contributed by atoms with Gasteiger partial charge in [0.05, 0.1) is 12.6 Å². The quantitative estimate of drug-likeness (QED) is 0.562. The van der Waals surface area contributed by atoms with E-state index in [1.54, 1.807) is 7.11 Å². The third-order valence-corrected chi connectivity index (χ3v) is 6.08. The van der Waals surface area contributed by atoms with Crippen molar-refractivity contribution in [2.75, 3.05) is 38.0 Å². The Balaban J connectivity index is 1.28. The van der Waals surface area contributed by atoms with E-state index in [1.165, 1.54) is 18.4 Å². The topological polar surface area (TPSA) is 62.3 Å². The average molecular weight is 420 g/mol. The third kappa shape index (κ3) is 5.44. The van der Waals surface area contributed by atoms with Crippen LogP contribution in [0.4, 0.5) is 11.8 Å². The molecule has 1 aliphatic carbocycles. The highest BCUT2D eigenvalue weighted by Gasteiger charge is 2.22. The number of methoxy groups -OCH3 is 1. The van der Waals surface area contributed by atoms with E-state index in [-0.39, 0.29) is 0 Å². The first-order valence-electron chi connectivity index (χ1n) is 11.2. The van der Waals surface area contributed by atoms with Crippen LogP contribution in [0.2, 0.25) is 0 Å². The second kappa shape index (κ2) is 9.96. The number of fused-ring (bicyclic) bond motifs is 1. The number of para-hydroxylation sites is 1. The van der Waals surface area contributed by atoms with Crippen molar-refractivity contribution < 1.29 is 4.74 Å². The summed E-state index contributed by atoms with van der Waals surface area (Å²) in [4.78, 5) is 11.6. The number of rotatable bonds is 8. The molecule has 0 saturated heterocycles. The normalized spacial score (nSPS) is 18.7. The zero-order valence-electron chi connectivity index (χ0n) is 18.8. The van der Waals surface area contributed by atoms with Gasteiger partial charge in [0, 0.05) is 32.1 Å². The lowest BCUT2D eigenvalue weighted by Crippen LogP contribution is -2.31. The van der Waals surface area contributed by atoms with Crippen LogP contribution in [-0.2, 0) is 6.54 Å². The summed E-state index contributed by atoms with van der Waals surface area (Å²) >= 11 is 0. The zero-order valence-corrected chi connectivity index (χ0v) is 18.8. The smallest absolute Gasteiger partial charge is 0.225 e. The monoisotopic (exact) mass is 419 g/mol. The molecule has 3 aromatic rings. The number of ether oxygens (including phenoxy) is 1. The van der Waals surface area contributed by atoms with Gasteiger partial charge in [-0.1, -0.05) is 24.3 Å². The Morgan fingerprint density at radius 1 is 1.00 bits per heavy atom. The predicted molar refractivity (Wildman–Crippen MR) is 128 cm³/mol. The number of benzene rings is 2. The Morgan fingerprint density at radius 2 is 1.81 bits per heavy atom. The summed E-state index contributed by atoms with van der Waals surface area (Å²) in [5.74, 6) is 3.34. The number of nitrogens with one attached hydrogen (secondary N) is 2. The van der Waals surface area contributed by atoms with Crippen molar-refractivity contribution in [1.29, 1.82) is 0 Å². The van der Waals surface area contributed by atoms with E-state index in [4.69, 9.17) is 14.7 Å². The zero-order chi connectivity index (χ0) is 21.6. The maximum absolute atomic E-state index is 5.31. The molecule has 1 aliphatic rings. The fraction of sp³-hybridized carbons (Fsp3) is 0.440. The minimum atomic E-state index is 0.436. The lowest BCUT2D eigenvalue weighted by atomic mass is 9.86. The molecule has 0 aliphatic heterocycles. The summed E-state index contributed by atoms with van der Waals surface area (Å²) in [5.41, 5.74) is 2.25. The van der Waals surface area contributed by atoms with Crippen LogP contribution in [0.1, 0.15) is 31.2 Å². The average Bonchev–Trinajstić information content (AvgIpc) is 2.80. The van der Waals surface area contributed by atoms with E-state index in [0.717, 1.165) is 60.3 Å². The van der Waals surface area contributed by atoms with Gasteiger partial charge in [-0.25, -0.2) is 4.98 Å². The molecule has 1 heterocycles. The molecule has 0 spiro atoms. The lowest BCUT2D eigenvalue weighted by Gasteiger charge is -2.29. The van der Waals surface area contributed by atoms with E-state index < -0.39 is 0 Å². The van der Waals surface area contributed by atoms with Crippen molar-refractivity contribution in [2.45, 2.75) is 38.3 Å². The Bertz CT molecular complexity index is 998. The van der Waals surface area contributed by atoms with Crippen LogP contribution in [0, 0.1) is 5.92 Å². The van der Waals surface area contributed by atoms with Gasteiger partial charge in [-0.3, -0.25) is 0 Å². The van der Waals surface area contributed by atoms with Gasteiger partial charge < -0.3 is 20.3 Å². The summed E-state index contributed by atoms with van der Waals surface area (Å²) in [6, 6.07) is 16.9. The molecule has 31 heavy (non-hydrogen) atoms. The van der Waals surface area contributed by atoms with Crippen molar-refractivity contribution in [3.05, 3.63) is 54.1 Å². The van der Waals surface area contributed by atoms with Gasteiger partial charge in [0.15, 0.2) is 0 Å². The van der Waals surface area contributed by atoms with Gasteiger partial charge >= 0.3 is 0 Å². The number of aromatic nitrogens is 2. The summed E-state index contributed by atoms with van der Waals surface area (Å²) in [6.45, 7) is 1.94. The van der Waals surface area contributed by atoms with Crippen molar-refractivity contribution >= 4 is 22.7 Å². The fourth-order valence-electron chi connectivity index (χ4n) is 4.36. The summed E-state index contributed by atoms with van der Waals surface area (Å²) in [7, 11) is 5.77. The van der Waals surface area contributed by atoms with E-state index in [0.29, 0.717) is 6.04 Å². The largest absolute Gasteiger partial charge is 0.497 e. The van der Waals surface area contributed by atoms with E-state index in [2.05, 4.69) is 39.8 Å².